The van der Waals surface area contributed by atoms with Gasteiger partial charge in [0.2, 0.25) is 0 Å². The molecular weight excluding hydrogens is 562 g/mol. The molecule has 2 aliphatic rings. The molecule has 2 atom stereocenters. The summed E-state index contributed by atoms with van der Waals surface area (Å²) in [6.07, 6.45) is 4.19. The summed E-state index contributed by atoms with van der Waals surface area (Å²) >= 11 is 1.47. The first-order valence-corrected chi connectivity index (χ1v) is 15.6. The predicted molar refractivity (Wildman–Crippen MR) is 171 cm³/mol. The number of rotatable bonds is 7. The van der Waals surface area contributed by atoms with Crippen molar-refractivity contribution in [2.75, 3.05) is 38.5 Å². The lowest BCUT2D eigenvalue weighted by atomic mass is 9.99. The predicted octanol–water partition coefficient (Wildman–Crippen LogP) is 5.05. The van der Waals surface area contributed by atoms with E-state index in [9.17, 15) is 9.90 Å². The number of aromatic nitrogens is 3. The summed E-state index contributed by atoms with van der Waals surface area (Å²) < 4.78 is 12.9. The van der Waals surface area contributed by atoms with E-state index < -0.39 is 0 Å². The van der Waals surface area contributed by atoms with Gasteiger partial charge < -0.3 is 29.4 Å². The molecule has 9 nitrogen and oxygen atoms in total. The molecule has 10 heteroatoms. The third-order valence-electron chi connectivity index (χ3n) is 8.56. The number of nitrogens with one attached hydrogen (secondary N) is 1. The molecule has 2 saturated heterocycles. The Morgan fingerprint density at radius 3 is 2.53 bits per heavy atom. The molecule has 7 rings (SSSR count). The second-order valence-electron chi connectivity index (χ2n) is 11.2. The van der Waals surface area contributed by atoms with Gasteiger partial charge in [-0.1, -0.05) is 36.0 Å². The van der Waals surface area contributed by atoms with E-state index >= 15 is 0 Å². The quantitative estimate of drug-likeness (QED) is 0.198. The molecule has 2 unspecified atom stereocenters. The van der Waals surface area contributed by atoms with Crippen molar-refractivity contribution in [2.24, 2.45) is 0 Å². The van der Waals surface area contributed by atoms with Crippen LogP contribution in [0.3, 0.4) is 0 Å². The lowest BCUT2D eigenvalue weighted by molar-refractivity contribution is 0.390. The largest absolute Gasteiger partial charge is 0.508 e. The summed E-state index contributed by atoms with van der Waals surface area (Å²) in [6.45, 7) is 1.82. The number of pyridine rings is 1. The van der Waals surface area contributed by atoms with Gasteiger partial charge >= 0.3 is 0 Å². The molecule has 5 aromatic rings. The summed E-state index contributed by atoms with van der Waals surface area (Å²) in [5.74, 6) is 2.09. The van der Waals surface area contributed by atoms with Crippen LogP contribution in [0.15, 0.2) is 70.6 Å². The number of piperazine rings is 1. The van der Waals surface area contributed by atoms with Crippen LogP contribution in [0.5, 0.6) is 17.2 Å². The van der Waals surface area contributed by atoms with Crippen LogP contribution in [0.2, 0.25) is 0 Å². The number of hydrogen-bond donors (Lipinski definition) is 2. The van der Waals surface area contributed by atoms with Crippen LogP contribution in [0.4, 0.5) is 5.82 Å². The highest BCUT2D eigenvalue weighted by molar-refractivity contribution is 7.98. The van der Waals surface area contributed by atoms with Crippen molar-refractivity contribution in [3.63, 3.8) is 0 Å². The summed E-state index contributed by atoms with van der Waals surface area (Å²) in [5, 5.41) is 17.4. The minimum Gasteiger partial charge on any atom is -0.508 e. The SMILES string of the molecule is COc1ccc(Cn2c(-c3cc(O)cc4ccccc34)cc3nc(SC)nc(N4CC5CCC(C4)N5)c3c2=O)c(OC)c1. The molecule has 0 amide bonds. The van der Waals surface area contributed by atoms with E-state index in [1.165, 1.54) is 11.8 Å². The van der Waals surface area contributed by atoms with E-state index in [1.54, 1.807) is 30.9 Å². The maximum absolute atomic E-state index is 14.8. The van der Waals surface area contributed by atoms with Gasteiger partial charge in [-0.05, 0) is 60.2 Å². The molecule has 4 heterocycles. The third-order valence-corrected chi connectivity index (χ3v) is 9.11. The lowest BCUT2D eigenvalue weighted by Gasteiger charge is -2.34. The molecule has 0 radical (unpaired) electrons. The molecule has 0 saturated carbocycles. The number of anilines is 1. The molecule has 2 aromatic heterocycles. The normalized spacial score (nSPS) is 18.0. The van der Waals surface area contributed by atoms with Gasteiger partial charge in [0.25, 0.3) is 5.56 Å². The molecule has 2 fully saturated rings. The van der Waals surface area contributed by atoms with Crippen LogP contribution in [-0.2, 0) is 6.54 Å². The van der Waals surface area contributed by atoms with Gasteiger partial charge in [0.15, 0.2) is 5.16 Å². The third kappa shape index (κ3) is 4.94. The van der Waals surface area contributed by atoms with E-state index in [0.29, 0.717) is 51.2 Å². The van der Waals surface area contributed by atoms with Crippen molar-refractivity contribution in [2.45, 2.75) is 36.6 Å². The van der Waals surface area contributed by atoms with Crippen LogP contribution in [0.1, 0.15) is 18.4 Å². The summed E-state index contributed by atoms with van der Waals surface area (Å²) in [6, 6.07) is 19.6. The fraction of sp³-hybridized carbons (Fsp3) is 0.303. The number of ether oxygens (including phenoxy) is 2. The Kier molecular flexibility index (Phi) is 7.10. The molecule has 2 N–H and O–H groups in total. The Balaban J connectivity index is 1.51. The highest BCUT2D eigenvalue weighted by atomic mass is 32.2. The maximum atomic E-state index is 14.8. The first kappa shape index (κ1) is 27.5. The van der Waals surface area contributed by atoms with Crippen molar-refractivity contribution in [1.82, 2.24) is 19.9 Å². The molecular formula is C33H33N5O4S. The van der Waals surface area contributed by atoms with Crippen LogP contribution in [-0.4, -0.2) is 65.3 Å². The fourth-order valence-corrected chi connectivity index (χ4v) is 6.90. The molecule has 2 aliphatic heterocycles. The molecule has 2 bridgehead atoms. The van der Waals surface area contributed by atoms with Crippen molar-refractivity contribution in [1.29, 1.82) is 0 Å². The van der Waals surface area contributed by atoms with Gasteiger partial charge in [0.05, 0.1) is 32.0 Å². The lowest BCUT2D eigenvalue weighted by Crippen LogP contribution is -2.51. The van der Waals surface area contributed by atoms with Crippen molar-refractivity contribution < 1.29 is 14.6 Å². The second kappa shape index (κ2) is 11.1. The highest BCUT2D eigenvalue weighted by Gasteiger charge is 2.34. The Hall–Kier alpha value is -4.28. The Morgan fingerprint density at radius 2 is 1.79 bits per heavy atom. The minimum absolute atomic E-state index is 0.124. The van der Waals surface area contributed by atoms with Crippen LogP contribution in [0.25, 0.3) is 32.9 Å². The first-order valence-electron chi connectivity index (χ1n) is 14.4. The summed E-state index contributed by atoms with van der Waals surface area (Å²) in [5.41, 5.74) is 2.61. The maximum Gasteiger partial charge on any atom is 0.264 e. The number of nitrogens with zero attached hydrogens (tertiary/aromatic N) is 4. The van der Waals surface area contributed by atoms with Crippen molar-refractivity contribution >= 4 is 39.3 Å². The van der Waals surface area contributed by atoms with E-state index in [2.05, 4.69) is 10.2 Å². The first-order chi connectivity index (χ1) is 20.9. The highest BCUT2D eigenvalue weighted by Crippen LogP contribution is 2.36. The Labute approximate surface area is 253 Å². The van der Waals surface area contributed by atoms with Gasteiger partial charge in [0.1, 0.15) is 28.5 Å². The standard InChI is InChI=1S/C33H33N5O4S/c1-41-24-11-8-20(29(14-24)42-2)16-38-28(26-13-23(39)12-19-6-4-5-7-25(19)26)15-27-30(32(38)40)31(36-33(35-27)43-3)37-17-21-9-10-22(18-37)34-21/h4-8,11-15,21-22,34,39H,9-10,16-18H2,1-3H3. The van der Waals surface area contributed by atoms with Gasteiger partial charge in [-0.3, -0.25) is 4.79 Å². The molecule has 220 valence electrons. The van der Waals surface area contributed by atoms with Crippen LogP contribution < -0.4 is 25.2 Å². The summed E-state index contributed by atoms with van der Waals surface area (Å²) in [7, 11) is 3.22. The van der Waals surface area contributed by atoms with Gasteiger partial charge in [-0.25, -0.2) is 9.97 Å². The van der Waals surface area contributed by atoms with E-state index in [1.807, 2.05) is 54.8 Å². The number of hydrogen-bond acceptors (Lipinski definition) is 9. The zero-order valence-electron chi connectivity index (χ0n) is 24.3. The number of methoxy groups -OCH3 is 2. The van der Waals surface area contributed by atoms with E-state index in [0.717, 1.165) is 47.8 Å². The number of aromatic hydroxyl groups is 1. The van der Waals surface area contributed by atoms with Crippen molar-refractivity contribution in [3.8, 4) is 28.5 Å². The topological polar surface area (TPSA) is 102 Å². The second-order valence-corrected chi connectivity index (χ2v) is 11.9. The average Bonchev–Trinajstić information content (AvgIpc) is 3.37. The molecule has 0 aliphatic carbocycles. The number of fused-ring (bicyclic) bond motifs is 4. The van der Waals surface area contributed by atoms with Gasteiger partial charge in [-0.15, -0.1) is 0 Å². The van der Waals surface area contributed by atoms with Crippen molar-refractivity contribution in [3.05, 3.63) is 76.6 Å². The number of thioether (sulfide) groups is 1. The fourth-order valence-electron chi connectivity index (χ4n) is 6.54. The Bertz CT molecular complexity index is 1910. The zero-order chi connectivity index (χ0) is 29.7. The number of phenols is 1. The molecule has 0 spiro atoms. The monoisotopic (exact) mass is 595 g/mol. The zero-order valence-corrected chi connectivity index (χ0v) is 25.1. The smallest absolute Gasteiger partial charge is 0.264 e. The van der Waals surface area contributed by atoms with E-state index in [-0.39, 0.29) is 17.9 Å². The van der Waals surface area contributed by atoms with Crippen LogP contribution in [0, 0.1) is 0 Å². The minimum atomic E-state index is -0.189. The summed E-state index contributed by atoms with van der Waals surface area (Å²) in [4.78, 5) is 26.9. The van der Waals surface area contributed by atoms with E-state index in [4.69, 9.17) is 19.4 Å². The number of phenolic OH excluding ortho intramolecular Hbond substituents is 1. The molecule has 43 heavy (non-hydrogen) atoms. The molecule has 3 aromatic carbocycles. The Morgan fingerprint density at radius 1 is 1.00 bits per heavy atom. The average molecular weight is 596 g/mol. The number of benzene rings is 3. The van der Waals surface area contributed by atoms with Gasteiger partial charge in [-0.2, -0.15) is 0 Å². The van der Waals surface area contributed by atoms with Gasteiger partial charge in [0, 0.05) is 42.4 Å². The van der Waals surface area contributed by atoms with Crippen LogP contribution >= 0.6 is 11.8 Å².